The minimum absolute atomic E-state index is 0.329. The first-order chi connectivity index (χ1) is 8.09. The average molecular weight is 235 g/mol. The maximum absolute atomic E-state index is 11.5. The van der Waals surface area contributed by atoms with Crippen molar-refractivity contribution in [1.29, 1.82) is 0 Å². The first kappa shape index (κ1) is 11.0. The van der Waals surface area contributed by atoms with E-state index in [1.807, 2.05) is 0 Å². The van der Waals surface area contributed by atoms with E-state index in [0.29, 0.717) is 5.82 Å². The molecule has 8 heteroatoms. The van der Waals surface area contributed by atoms with Gasteiger partial charge in [-0.3, -0.25) is 4.79 Å². The summed E-state index contributed by atoms with van der Waals surface area (Å²) >= 11 is 0. The quantitative estimate of drug-likeness (QED) is 0.767. The topological polar surface area (TPSA) is 103 Å². The van der Waals surface area contributed by atoms with Crippen molar-refractivity contribution in [3.63, 3.8) is 0 Å². The highest BCUT2D eigenvalue weighted by Gasteiger charge is 2.16. The van der Waals surface area contributed by atoms with Gasteiger partial charge < -0.3 is 5.11 Å². The Morgan fingerprint density at radius 3 is 2.82 bits per heavy atom. The van der Waals surface area contributed by atoms with E-state index in [1.165, 1.54) is 36.4 Å². The lowest BCUT2D eigenvalue weighted by Crippen LogP contribution is -2.30. The van der Waals surface area contributed by atoms with Crippen LogP contribution in [0.4, 0.5) is 0 Å². The predicted molar refractivity (Wildman–Crippen MR) is 55.8 cm³/mol. The summed E-state index contributed by atoms with van der Waals surface area (Å²) in [6, 6.07) is 1.65. The largest absolute Gasteiger partial charge is 0.480 e. The molecule has 2 heterocycles. The summed E-state index contributed by atoms with van der Waals surface area (Å²) < 4.78 is 2.23. The molecule has 0 fully saturated rings. The normalized spacial score (nSPS) is 12.3. The molecule has 2 aromatic heterocycles. The monoisotopic (exact) mass is 235 g/mol. The van der Waals surface area contributed by atoms with E-state index >= 15 is 0 Å². The molecule has 1 atom stereocenters. The van der Waals surface area contributed by atoms with E-state index in [4.69, 9.17) is 5.11 Å². The maximum Gasteiger partial charge on any atom is 0.328 e. The molecule has 0 saturated carbocycles. The van der Waals surface area contributed by atoms with Crippen molar-refractivity contribution in [2.75, 3.05) is 0 Å². The van der Waals surface area contributed by atoms with Gasteiger partial charge in [0.05, 0.1) is 0 Å². The Kier molecular flexibility index (Phi) is 2.69. The third kappa shape index (κ3) is 2.05. The summed E-state index contributed by atoms with van der Waals surface area (Å²) in [5, 5.41) is 16.6. The van der Waals surface area contributed by atoms with Crippen molar-refractivity contribution in [1.82, 2.24) is 24.5 Å². The zero-order chi connectivity index (χ0) is 12.4. The van der Waals surface area contributed by atoms with Gasteiger partial charge in [0.15, 0.2) is 11.9 Å². The molecule has 8 nitrogen and oxygen atoms in total. The van der Waals surface area contributed by atoms with E-state index in [0.717, 1.165) is 4.68 Å². The highest BCUT2D eigenvalue weighted by molar-refractivity contribution is 5.71. The second kappa shape index (κ2) is 4.16. The lowest BCUT2D eigenvalue weighted by molar-refractivity contribution is -0.140. The first-order valence-corrected chi connectivity index (χ1v) is 4.77. The third-order valence-electron chi connectivity index (χ3n) is 2.19. The molecule has 0 bridgehead atoms. The third-order valence-corrected chi connectivity index (χ3v) is 2.19. The van der Waals surface area contributed by atoms with Crippen LogP contribution in [0, 0.1) is 0 Å². The van der Waals surface area contributed by atoms with Crippen molar-refractivity contribution in [2.45, 2.75) is 13.0 Å². The number of hydrogen-bond acceptors (Lipinski definition) is 5. The van der Waals surface area contributed by atoms with Crippen LogP contribution in [0.5, 0.6) is 0 Å². The molecule has 1 N–H and O–H groups in total. The van der Waals surface area contributed by atoms with E-state index in [-0.39, 0.29) is 0 Å². The summed E-state index contributed by atoms with van der Waals surface area (Å²) in [6.07, 6.45) is 2.72. The minimum Gasteiger partial charge on any atom is -0.480 e. The second-order valence-corrected chi connectivity index (χ2v) is 3.33. The summed E-state index contributed by atoms with van der Waals surface area (Å²) in [6.45, 7) is 1.38. The van der Waals surface area contributed by atoms with Crippen molar-refractivity contribution < 1.29 is 9.90 Å². The Morgan fingerprint density at radius 1 is 1.47 bits per heavy atom. The van der Waals surface area contributed by atoms with Gasteiger partial charge in [0, 0.05) is 6.07 Å². The fraction of sp³-hybridized carbons (Fsp3) is 0.222. The smallest absolute Gasteiger partial charge is 0.328 e. The van der Waals surface area contributed by atoms with Crippen LogP contribution < -0.4 is 5.56 Å². The molecular formula is C9H9N5O3. The number of carbonyl (C=O) groups is 1. The molecule has 2 rings (SSSR count). The molecule has 0 unspecified atom stereocenters. The fourth-order valence-corrected chi connectivity index (χ4v) is 1.25. The van der Waals surface area contributed by atoms with Gasteiger partial charge in [0.25, 0.3) is 5.56 Å². The van der Waals surface area contributed by atoms with Crippen LogP contribution in [0.1, 0.15) is 13.0 Å². The zero-order valence-corrected chi connectivity index (χ0v) is 8.89. The van der Waals surface area contributed by atoms with Crippen LogP contribution in [0.15, 0.2) is 29.6 Å². The van der Waals surface area contributed by atoms with Crippen LogP contribution in [0.25, 0.3) is 5.82 Å². The van der Waals surface area contributed by atoms with Crippen LogP contribution in [0.2, 0.25) is 0 Å². The van der Waals surface area contributed by atoms with Crippen molar-refractivity contribution in [3.8, 4) is 5.82 Å². The van der Waals surface area contributed by atoms with Gasteiger partial charge in [-0.2, -0.15) is 5.10 Å². The highest BCUT2D eigenvalue weighted by Crippen LogP contribution is 2.03. The Bertz CT molecular complexity index is 589. The van der Waals surface area contributed by atoms with Crippen LogP contribution in [-0.4, -0.2) is 35.6 Å². The molecule has 0 saturated heterocycles. The second-order valence-electron chi connectivity index (χ2n) is 3.33. The van der Waals surface area contributed by atoms with Crippen molar-refractivity contribution >= 4 is 5.97 Å². The molecule has 88 valence electrons. The van der Waals surface area contributed by atoms with Gasteiger partial charge >= 0.3 is 5.97 Å². The predicted octanol–water partition coefficient (Wildman–Crippen LogP) is -0.530. The number of carboxylic acids is 1. The first-order valence-electron chi connectivity index (χ1n) is 4.77. The number of aromatic nitrogens is 5. The number of rotatable bonds is 3. The Morgan fingerprint density at radius 2 is 2.24 bits per heavy atom. The Hall–Kier alpha value is -2.51. The summed E-state index contributed by atoms with van der Waals surface area (Å²) in [4.78, 5) is 26.0. The lowest BCUT2D eigenvalue weighted by atomic mass is 10.3. The van der Waals surface area contributed by atoms with Crippen LogP contribution in [0.3, 0.4) is 0 Å². The van der Waals surface area contributed by atoms with Gasteiger partial charge in [0.1, 0.15) is 12.7 Å². The minimum atomic E-state index is -1.13. The standard InChI is InChI=1S/C9H9N5O3/c1-6(9(16)17)14-8(15)3-2-7(12-14)13-5-10-4-11-13/h2-6H,1H3,(H,16,17)/t6-/m1/s1. The maximum atomic E-state index is 11.5. The average Bonchev–Trinajstić information content (AvgIpc) is 2.82. The van der Waals surface area contributed by atoms with Crippen molar-refractivity contribution in [2.24, 2.45) is 0 Å². The molecule has 0 spiro atoms. The molecule has 0 radical (unpaired) electrons. The Balaban J connectivity index is 2.50. The molecule has 17 heavy (non-hydrogen) atoms. The number of carboxylic acid groups (broad SMARTS) is 1. The lowest BCUT2D eigenvalue weighted by Gasteiger charge is -2.09. The molecule has 0 aliphatic carbocycles. The van der Waals surface area contributed by atoms with Gasteiger partial charge in [0.2, 0.25) is 0 Å². The fourth-order valence-electron chi connectivity index (χ4n) is 1.25. The van der Waals surface area contributed by atoms with Crippen LogP contribution in [-0.2, 0) is 4.79 Å². The SMILES string of the molecule is C[C@H](C(=O)O)n1nc(-n2cncn2)ccc1=O. The van der Waals surface area contributed by atoms with E-state index < -0.39 is 17.6 Å². The summed E-state index contributed by atoms with van der Waals surface area (Å²) in [7, 11) is 0. The van der Waals surface area contributed by atoms with Gasteiger partial charge in [-0.05, 0) is 13.0 Å². The molecule has 0 aromatic carbocycles. The van der Waals surface area contributed by atoms with E-state index in [1.54, 1.807) is 0 Å². The van der Waals surface area contributed by atoms with Gasteiger partial charge in [-0.1, -0.05) is 0 Å². The molecule has 0 aliphatic heterocycles. The van der Waals surface area contributed by atoms with Gasteiger partial charge in [-0.25, -0.2) is 19.1 Å². The van der Waals surface area contributed by atoms with Crippen LogP contribution >= 0.6 is 0 Å². The van der Waals surface area contributed by atoms with E-state index in [2.05, 4.69) is 15.2 Å². The molecule has 0 amide bonds. The number of aliphatic carboxylic acids is 1. The van der Waals surface area contributed by atoms with E-state index in [9.17, 15) is 9.59 Å². The zero-order valence-electron chi connectivity index (χ0n) is 8.89. The number of hydrogen-bond donors (Lipinski definition) is 1. The summed E-state index contributed by atoms with van der Waals surface area (Å²) in [5.41, 5.74) is -0.483. The number of nitrogens with zero attached hydrogens (tertiary/aromatic N) is 5. The summed E-state index contributed by atoms with van der Waals surface area (Å²) in [5.74, 6) is -0.800. The molecular weight excluding hydrogens is 226 g/mol. The Labute approximate surface area is 95.1 Å². The molecule has 0 aliphatic rings. The highest BCUT2D eigenvalue weighted by atomic mass is 16.4. The molecule has 2 aromatic rings. The van der Waals surface area contributed by atoms with Crippen molar-refractivity contribution in [3.05, 3.63) is 35.1 Å². The van der Waals surface area contributed by atoms with Gasteiger partial charge in [-0.15, -0.1) is 5.10 Å².